The molecule has 0 unspecified atom stereocenters. The monoisotopic (exact) mass is 388 g/mol. The molecule has 1 saturated heterocycles. The van der Waals surface area contributed by atoms with Gasteiger partial charge < -0.3 is 14.2 Å². The molecule has 3 heterocycles. The van der Waals surface area contributed by atoms with Gasteiger partial charge in [0.2, 0.25) is 5.28 Å². The van der Waals surface area contributed by atoms with E-state index in [9.17, 15) is 9.59 Å². The maximum Gasteiger partial charge on any atom is 0.303 e. The highest BCUT2D eigenvalue weighted by atomic mass is 35.5. The van der Waals surface area contributed by atoms with Gasteiger partial charge in [0.25, 0.3) is 0 Å². The van der Waals surface area contributed by atoms with Crippen molar-refractivity contribution in [2.75, 3.05) is 6.61 Å². The maximum absolute atomic E-state index is 11.3. The van der Waals surface area contributed by atoms with E-state index in [0.717, 1.165) is 0 Å². The summed E-state index contributed by atoms with van der Waals surface area (Å²) in [5.74, 6) is -0.904. The summed E-state index contributed by atoms with van der Waals surface area (Å²) in [6, 6.07) is 0. The molecular weight excluding hydrogens is 375 g/mol. The number of rotatable bonds is 4. The van der Waals surface area contributed by atoms with Crippen LogP contribution in [0, 0.1) is 0 Å². The highest BCUT2D eigenvalue weighted by molar-refractivity contribution is 6.35. The molecule has 9 nitrogen and oxygen atoms in total. The number of halogens is 2. The van der Waals surface area contributed by atoms with Gasteiger partial charge in [-0.15, -0.1) is 0 Å². The molecule has 25 heavy (non-hydrogen) atoms. The third-order valence-electron chi connectivity index (χ3n) is 3.61. The Bertz CT molecular complexity index is 827. The van der Waals surface area contributed by atoms with Gasteiger partial charge in [0, 0.05) is 20.3 Å². The van der Waals surface area contributed by atoms with Gasteiger partial charge in [-0.1, -0.05) is 11.6 Å². The van der Waals surface area contributed by atoms with Crippen molar-refractivity contribution in [3.8, 4) is 0 Å². The van der Waals surface area contributed by atoms with E-state index in [2.05, 4.69) is 15.0 Å². The third-order valence-corrected chi connectivity index (χ3v) is 4.04. The number of fused-ring (bicyclic) bond motifs is 1. The molecule has 3 rings (SSSR count). The average Bonchev–Trinajstić information content (AvgIpc) is 3.08. The van der Waals surface area contributed by atoms with Crippen LogP contribution in [0.3, 0.4) is 0 Å². The zero-order valence-corrected chi connectivity index (χ0v) is 14.8. The molecule has 0 N–H and O–H groups in total. The van der Waals surface area contributed by atoms with Crippen LogP contribution < -0.4 is 0 Å². The number of imidazole rings is 1. The summed E-state index contributed by atoms with van der Waals surface area (Å²) in [7, 11) is 0. The van der Waals surface area contributed by atoms with E-state index in [1.54, 1.807) is 4.57 Å². The van der Waals surface area contributed by atoms with E-state index in [-0.39, 0.29) is 17.0 Å². The van der Waals surface area contributed by atoms with Crippen molar-refractivity contribution in [2.24, 2.45) is 0 Å². The summed E-state index contributed by atoms with van der Waals surface area (Å²) in [5, 5.41) is 0.102. The van der Waals surface area contributed by atoms with Crippen molar-refractivity contribution in [2.45, 2.75) is 38.7 Å². The van der Waals surface area contributed by atoms with Gasteiger partial charge in [0.1, 0.15) is 30.6 Å². The van der Waals surface area contributed by atoms with E-state index in [4.69, 9.17) is 37.4 Å². The first-order chi connectivity index (χ1) is 11.8. The minimum Gasteiger partial charge on any atom is -0.463 e. The second kappa shape index (κ2) is 7.11. The number of esters is 2. The molecule has 134 valence electrons. The Morgan fingerprint density at radius 1 is 1.32 bits per heavy atom. The van der Waals surface area contributed by atoms with Crippen molar-refractivity contribution in [3.63, 3.8) is 0 Å². The zero-order chi connectivity index (χ0) is 18.1. The lowest BCUT2D eigenvalue weighted by atomic mass is 10.2. The van der Waals surface area contributed by atoms with Crippen molar-refractivity contribution < 1.29 is 23.8 Å². The number of hydrogen-bond acceptors (Lipinski definition) is 8. The lowest BCUT2D eigenvalue weighted by Crippen LogP contribution is -2.31. The van der Waals surface area contributed by atoms with E-state index in [0.29, 0.717) is 17.6 Å². The number of aromatic nitrogens is 4. The SMILES string of the molecule is CC(=O)OC[C@H]1O[C@@H](n2cnc3c(Cl)nc(Cl)nc32)C[C@@H]1OC(C)=O. The molecule has 0 amide bonds. The van der Waals surface area contributed by atoms with E-state index in [1.165, 1.54) is 20.2 Å². The first-order valence-corrected chi connectivity index (χ1v) is 8.12. The molecule has 1 aliphatic heterocycles. The van der Waals surface area contributed by atoms with Crippen LogP contribution >= 0.6 is 23.2 Å². The summed E-state index contributed by atoms with van der Waals surface area (Å²) < 4.78 is 17.8. The fraction of sp³-hybridized carbons (Fsp3) is 0.500. The fourth-order valence-corrected chi connectivity index (χ4v) is 3.05. The summed E-state index contributed by atoms with van der Waals surface area (Å²) >= 11 is 11.9. The predicted octanol–water partition coefficient (Wildman–Crippen LogP) is 1.92. The number of hydrogen-bond donors (Lipinski definition) is 0. The minimum atomic E-state index is -0.608. The molecule has 2 aromatic rings. The maximum atomic E-state index is 11.3. The molecule has 11 heteroatoms. The average molecular weight is 389 g/mol. The molecule has 3 atom stereocenters. The quantitative estimate of drug-likeness (QED) is 0.444. The van der Waals surface area contributed by atoms with Crippen LogP contribution in [0.15, 0.2) is 6.33 Å². The Kier molecular flexibility index (Phi) is 5.07. The van der Waals surface area contributed by atoms with Gasteiger partial charge in [0.15, 0.2) is 10.8 Å². The van der Waals surface area contributed by atoms with Crippen LogP contribution in [0.5, 0.6) is 0 Å². The molecule has 0 bridgehead atoms. The van der Waals surface area contributed by atoms with Crippen molar-refractivity contribution in [1.29, 1.82) is 0 Å². The second-order valence-electron chi connectivity index (χ2n) is 5.42. The van der Waals surface area contributed by atoms with Crippen LogP contribution in [0.1, 0.15) is 26.5 Å². The van der Waals surface area contributed by atoms with Gasteiger partial charge in [-0.25, -0.2) is 9.97 Å². The fourth-order valence-electron chi connectivity index (χ4n) is 2.63. The molecule has 1 fully saturated rings. The van der Waals surface area contributed by atoms with E-state index >= 15 is 0 Å². The van der Waals surface area contributed by atoms with Gasteiger partial charge in [0.05, 0.1) is 6.33 Å². The molecule has 1 aliphatic rings. The second-order valence-corrected chi connectivity index (χ2v) is 6.12. The molecule has 0 radical (unpaired) electrons. The van der Waals surface area contributed by atoms with Gasteiger partial charge >= 0.3 is 11.9 Å². The third kappa shape index (κ3) is 3.83. The van der Waals surface area contributed by atoms with E-state index in [1.807, 2.05) is 0 Å². The summed E-state index contributed by atoms with van der Waals surface area (Å²) in [6.07, 6.45) is 0.0913. The minimum absolute atomic E-state index is 0.0229. The lowest BCUT2D eigenvalue weighted by molar-refractivity contribution is -0.155. The topological polar surface area (TPSA) is 105 Å². The summed E-state index contributed by atoms with van der Waals surface area (Å²) in [4.78, 5) is 34.5. The normalized spacial score (nSPS) is 23.0. The van der Waals surface area contributed by atoms with Crippen LogP contribution in [0.4, 0.5) is 0 Å². The first kappa shape index (κ1) is 17.8. The van der Waals surface area contributed by atoms with Crippen LogP contribution in [-0.4, -0.2) is 50.3 Å². The predicted molar refractivity (Wildman–Crippen MR) is 86.1 cm³/mol. The Morgan fingerprint density at radius 3 is 2.76 bits per heavy atom. The lowest BCUT2D eigenvalue weighted by Gasteiger charge is -2.17. The van der Waals surface area contributed by atoms with Crippen LogP contribution in [0.2, 0.25) is 10.4 Å². The Balaban J connectivity index is 1.87. The first-order valence-electron chi connectivity index (χ1n) is 7.36. The highest BCUT2D eigenvalue weighted by Crippen LogP contribution is 2.34. The Hall–Kier alpha value is -1.97. The van der Waals surface area contributed by atoms with Gasteiger partial charge in [-0.05, 0) is 11.6 Å². The standard InChI is InChI=1S/C14H14Cl2N4O5/c1-6(21)23-4-9-8(24-7(2)22)3-10(25-9)20-5-17-11-12(15)18-14(16)19-13(11)20/h5,8-10H,3-4H2,1-2H3/t8-,9+,10+/m0/s1. The Labute approximate surface area is 152 Å². The molecular formula is C14H14Cl2N4O5. The van der Waals surface area contributed by atoms with Gasteiger partial charge in [-0.3, -0.25) is 14.2 Å². The Morgan fingerprint density at radius 2 is 2.08 bits per heavy atom. The van der Waals surface area contributed by atoms with Crippen molar-refractivity contribution in [1.82, 2.24) is 19.5 Å². The molecule has 0 aliphatic carbocycles. The summed E-state index contributed by atoms with van der Waals surface area (Å²) in [5.41, 5.74) is 0.770. The highest BCUT2D eigenvalue weighted by Gasteiger charge is 2.40. The van der Waals surface area contributed by atoms with Gasteiger partial charge in [-0.2, -0.15) is 4.98 Å². The molecule has 2 aromatic heterocycles. The number of carbonyl (C=O) groups is 2. The zero-order valence-electron chi connectivity index (χ0n) is 13.3. The molecule has 0 saturated carbocycles. The van der Waals surface area contributed by atoms with E-state index < -0.39 is 30.4 Å². The number of ether oxygens (including phenoxy) is 3. The van der Waals surface area contributed by atoms with Crippen LogP contribution in [0.25, 0.3) is 11.2 Å². The largest absolute Gasteiger partial charge is 0.463 e. The molecule has 0 aromatic carbocycles. The van der Waals surface area contributed by atoms with Crippen molar-refractivity contribution >= 4 is 46.3 Å². The molecule has 0 spiro atoms. The smallest absolute Gasteiger partial charge is 0.303 e. The number of carbonyl (C=O) groups excluding carboxylic acids is 2. The number of nitrogens with zero attached hydrogens (tertiary/aromatic N) is 4. The van der Waals surface area contributed by atoms with Crippen molar-refractivity contribution in [3.05, 3.63) is 16.8 Å². The van der Waals surface area contributed by atoms with Crippen LogP contribution in [-0.2, 0) is 23.8 Å². The summed E-state index contributed by atoms with van der Waals surface area (Å²) in [6.45, 7) is 2.56.